The molecule has 0 amide bonds. The molecule has 20 heavy (non-hydrogen) atoms. The summed E-state index contributed by atoms with van der Waals surface area (Å²) < 4.78 is 0. The first kappa shape index (κ1) is 17.3. The second-order valence-electron chi connectivity index (χ2n) is 8.80. The van der Waals surface area contributed by atoms with Gasteiger partial charge >= 0.3 is 0 Å². The molecule has 0 aromatic carbocycles. The lowest BCUT2D eigenvalue weighted by atomic mass is 9.78. The normalized spacial score (nSPS) is 13.8. The molecule has 1 rings (SSSR count). The van der Waals surface area contributed by atoms with Gasteiger partial charge in [0.15, 0.2) is 0 Å². The number of nitrogens with one attached hydrogen (secondary N) is 1. The third-order valence-electron chi connectivity index (χ3n) is 3.96. The third-order valence-corrected chi connectivity index (χ3v) is 3.96. The Balaban J connectivity index is 3.33. The molecule has 1 aromatic heterocycles. The van der Waals surface area contributed by atoms with Crippen molar-refractivity contribution < 1.29 is 0 Å². The van der Waals surface area contributed by atoms with E-state index in [9.17, 15) is 0 Å². The van der Waals surface area contributed by atoms with E-state index < -0.39 is 0 Å². The molecule has 0 unspecified atom stereocenters. The molecule has 0 aliphatic heterocycles. The summed E-state index contributed by atoms with van der Waals surface area (Å²) in [5.74, 6) is 1.11. The highest BCUT2D eigenvalue weighted by atomic mass is 15.0. The van der Waals surface area contributed by atoms with Gasteiger partial charge in [-0.1, -0.05) is 75.2 Å². The number of hydrogen-bond donors (Lipinski definition) is 1. The number of H-pyrrole nitrogens is 1. The second-order valence-corrected chi connectivity index (χ2v) is 8.80. The predicted octanol–water partition coefficient (Wildman–Crippen LogP) is 5.47. The maximum absolute atomic E-state index is 4.97. The Morgan fingerprint density at radius 1 is 0.900 bits per heavy atom. The van der Waals surface area contributed by atoms with Crippen LogP contribution in [0.2, 0.25) is 0 Å². The molecule has 0 fully saturated rings. The van der Waals surface area contributed by atoms with Crippen LogP contribution < -0.4 is 0 Å². The van der Waals surface area contributed by atoms with E-state index in [4.69, 9.17) is 4.98 Å². The summed E-state index contributed by atoms with van der Waals surface area (Å²) in [5, 5.41) is 0. The maximum atomic E-state index is 4.97. The van der Waals surface area contributed by atoms with E-state index in [0.717, 1.165) is 5.82 Å². The smallest absolute Gasteiger partial charge is 0.112 e. The molecule has 0 atom stereocenters. The second kappa shape index (κ2) is 5.54. The highest BCUT2D eigenvalue weighted by Gasteiger charge is 2.33. The Morgan fingerprint density at radius 2 is 1.45 bits per heavy atom. The Morgan fingerprint density at radius 3 is 1.85 bits per heavy atom. The Bertz CT molecular complexity index is 439. The highest BCUT2D eigenvalue weighted by Crippen LogP contribution is 2.37. The average molecular weight is 278 g/mol. The lowest BCUT2D eigenvalue weighted by Crippen LogP contribution is -2.24. The standard InChI is InChI=1S/C18H34N2/c1-10-11-12-18(8,9)14-13(16(2,3)4)19-15(20-14)17(5,6)7/h10-12H2,1-9H3,(H,19,20). The van der Waals surface area contributed by atoms with Crippen LogP contribution in [0.5, 0.6) is 0 Å². The molecule has 0 aliphatic rings. The quantitative estimate of drug-likeness (QED) is 0.777. The van der Waals surface area contributed by atoms with Crippen molar-refractivity contribution in [1.82, 2.24) is 9.97 Å². The van der Waals surface area contributed by atoms with Gasteiger partial charge < -0.3 is 4.98 Å². The minimum Gasteiger partial charge on any atom is -0.345 e. The van der Waals surface area contributed by atoms with Gasteiger partial charge in [-0.05, 0) is 6.42 Å². The van der Waals surface area contributed by atoms with Crippen LogP contribution in [0.25, 0.3) is 0 Å². The molecule has 0 saturated carbocycles. The van der Waals surface area contributed by atoms with Gasteiger partial charge in [-0.2, -0.15) is 0 Å². The molecule has 1 heterocycles. The zero-order chi connectivity index (χ0) is 15.8. The SMILES string of the molecule is CCCCC(C)(C)c1[nH]c(C(C)(C)C)nc1C(C)(C)C. The van der Waals surface area contributed by atoms with Crippen LogP contribution in [-0.2, 0) is 16.2 Å². The van der Waals surface area contributed by atoms with Gasteiger partial charge in [0.05, 0.1) is 5.69 Å². The van der Waals surface area contributed by atoms with E-state index in [1.165, 1.54) is 30.7 Å². The van der Waals surface area contributed by atoms with E-state index in [1.54, 1.807) is 0 Å². The lowest BCUT2D eigenvalue weighted by molar-refractivity contribution is 0.429. The van der Waals surface area contributed by atoms with E-state index >= 15 is 0 Å². The van der Waals surface area contributed by atoms with E-state index in [2.05, 4.69) is 67.3 Å². The van der Waals surface area contributed by atoms with Crippen LogP contribution in [0.4, 0.5) is 0 Å². The maximum Gasteiger partial charge on any atom is 0.112 e. The van der Waals surface area contributed by atoms with Gasteiger partial charge in [-0.15, -0.1) is 0 Å². The molecule has 0 radical (unpaired) electrons. The first-order chi connectivity index (χ1) is 8.89. The van der Waals surface area contributed by atoms with Crippen LogP contribution in [0.1, 0.15) is 98.8 Å². The van der Waals surface area contributed by atoms with Crippen LogP contribution >= 0.6 is 0 Å². The van der Waals surface area contributed by atoms with Crippen molar-refractivity contribution in [2.45, 2.75) is 97.8 Å². The van der Waals surface area contributed by atoms with Crippen LogP contribution in [0.15, 0.2) is 0 Å². The summed E-state index contributed by atoms with van der Waals surface area (Å²) in [5.41, 5.74) is 2.89. The number of nitrogens with zero attached hydrogens (tertiary/aromatic N) is 1. The summed E-state index contributed by atoms with van der Waals surface area (Å²) in [6.45, 7) is 20.4. The van der Waals surface area contributed by atoms with Gasteiger partial charge in [0.25, 0.3) is 0 Å². The van der Waals surface area contributed by atoms with Crippen molar-refractivity contribution >= 4 is 0 Å². The Hall–Kier alpha value is -0.790. The number of unbranched alkanes of at least 4 members (excludes halogenated alkanes) is 1. The van der Waals surface area contributed by atoms with Gasteiger partial charge in [-0.3, -0.25) is 0 Å². The molecule has 0 bridgehead atoms. The number of aromatic nitrogens is 2. The number of hydrogen-bond acceptors (Lipinski definition) is 1. The predicted molar refractivity (Wildman–Crippen MR) is 88.5 cm³/mol. The van der Waals surface area contributed by atoms with Gasteiger partial charge in [-0.25, -0.2) is 4.98 Å². The number of imidazole rings is 1. The average Bonchev–Trinajstić information content (AvgIpc) is 2.71. The fraction of sp³-hybridized carbons (Fsp3) is 0.833. The largest absolute Gasteiger partial charge is 0.345 e. The minimum atomic E-state index is 0.0685. The van der Waals surface area contributed by atoms with Crippen molar-refractivity contribution in [3.63, 3.8) is 0 Å². The molecule has 2 heteroatoms. The topological polar surface area (TPSA) is 28.7 Å². The first-order valence-electron chi connectivity index (χ1n) is 8.01. The van der Waals surface area contributed by atoms with Crippen LogP contribution in [0.3, 0.4) is 0 Å². The minimum absolute atomic E-state index is 0.0685. The number of rotatable bonds is 4. The van der Waals surface area contributed by atoms with Crippen molar-refractivity contribution in [1.29, 1.82) is 0 Å². The summed E-state index contributed by atoms with van der Waals surface area (Å²) in [6, 6.07) is 0. The first-order valence-corrected chi connectivity index (χ1v) is 8.01. The molecule has 0 spiro atoms. The summed E-state index contributed by atoms with van der Waals surface area (Å²) in [6.07, 6.45) is 3.72. The fourth-order valence-corrected chi connectivity index (χ4v) is 2.50. The molecule has 1 aromatic rings. The van der Waals surface area contributed by atoms with Crippen molar-refractivity contribution in [2.75, 3.05) is 0 Å². The van der Waals surface area contributed by atoms with Crippen molar-refractivity contribution in [2.24, 2.45) is 0 Å². The molecule has 2 nitrogen and oxygen atoms in total. The summed E-state index contributed by atoms with van der Waals surface area (Å²) >= 11 is 0. The molecule has 1 N–H and O–H groups in total. The van der Waals surface area contributed by atoms with E-state index in [1.807, 2.05) is 0 Å². The van der Waals surface area contributed by atoms with Gasteiger partial charge in [0, 0.05) is 21.9 Å². The monoisotopic (exact) mass is 278 g/mol. The van der Waals surface area contributed by atoms with Crippen LogP contribution in [-0.4, -0.2) is 9.97 Å². The van der Waals surface area contributed by atoms with E-state index in [0.29, 0.717) is 0 Å². The van der Waals surface area contributed by atoms with Gasteiger partial charge in [0.2, 0.25) is 0 Å². The Labute approximate surface area is 125 Å². The third kappa shape index (κ3) is 3.86. The van der Waals surface area contributed by atoms with Gasteiger partial charge in [0.1, 0.15) is 5.82 Å². The summed E-state index contributed by atoms with van der Waals surface area (Å²) in [4.78, 5) is 8.64. The van der Waals surface area contributed by atoms with Crippen molar-refractivity contribution in [3.05, 3.63) is 17.2 Å². The van der Waals surface area contributed by atoms with Crippen LogP contribution in [0, 0.1) is 0 Å². The lowest BCUT2D eigenvalue weighted by Gasteiger charge is -2.28. The molecule has 0 saturated heterocycles. The Kier molecular flexibility index (Phi) is 4.78. The summed E-state index contributed by atoms with van der Waals surface area (Å²) in [7, 11) is 0. The highest BCUT2D eigenvalue weighted by molar-refractivity contribution is 5.30. The number of aromatic amines is 1. The molecular weight excluding hydrogens is 244 g/mol. The molecular formula is C18H34N2. The molecule has 116 valence electrons. The fourth-order valence-electron chi connectivity index (χ4n) is 2.50. The van der Waals surface area contributed by atoms with Crippen molar-refractivity contribution in [3.8, 4) is 0 Å². The zero-order valence-corrected chi connectivity index (χ0v) is 15.1. The molecule has 0 aliphatic carbocycles. The van der Waals surface area contributed by atoms with E-state index in [-0.39, 0.29) is 16.2 Å². The zero-order valence-electron chi connectivity index (χ0n) is 15.1.